The van der Waals surface area contributed by atoms with Crippen molar-refractivity contribution in [1.29, 1.82) is 0 Å². The van der Waals surface area contributed by atoms with Gasteiger partial charge in [0.2, 0.25) is 11.8 Å². The molecule has 0 radical (unpaired) electrons. The molecule has 0 bridgehead atoms. The summed E-state index contributed by atoms with van der Waals surface area (Å²) in [5.74, 6) is 0.189. The van der Waals surface area contributed by atoms with E-state index in [1.807, 2.05) is 85.8 Å². The number of benzene rings is 3. The Morgan fingerprint density at radius 3 is 2.07 bits per heavy atom. The molecular formula is C23H22N2O2S. The molecule has 0 unspecified atom stereocenters. The molecule has 0 fully saturated rings. The van der Waals surface area contributed by atoms with Gasteiger partial charge in [-0.05, 0) is 30.7 Å². The molecule has 0 aromatic heterocycles. The van der Waals surface area contributed by atoms with Gasteiger partial charge >= 0.3 is 0 Å². The maximum absolute atomic E-state index is 12.3. The Bertz CT molecular complexity index is 940. The number of aryl methyl sites for hydroxylation is 1. The maximum atomic E-state index is 12.3. The highest BCUT2D eigenvalue weighted by Gasteiger charge is 2.10. The molecule has 28 heavy (non-hydrogen) atoms. The molecule has 0 saturated heterocycles. The van der Waals surface area contributed by atoms with Crippen LogP contribution in [0.2, 0.25) is 0 Å². The van der Waals surface area contributed by atoms with Crippen LogP contribution < -0.4 is 10.6 Å². The van der Waals surface area contributed by atoms with E-state index in [4.69, 9.17) is 0 Å². The summed E-state index contributed by atoms with van der Waals surface area (Å²) in [5, 5.41) is 5.78. The van der Waals surface area contributed by atoms with E-state index < -0.39 is 0 Å². The standard InChI is InChI=1S/C23H22N2O2S/c1-17-11-13-19(14-12-17)24-22(26)15-28-16-23(27)25-21-10-6-5-9-20(21)18-7-3-2-4-8-18/h2-14H,15-16H2,1H3,(H,24,26)(H,25,27). The maximum Gasteiger partial charge on any atom is 0.234 e. The number of thioether (sulfide) groups is 1. The van der Waals surface area contributed by atoms with Crippen molar-refractivity contribution in [3.63, 3.8) is 0 Å². The number of carbonyl (C=O) groups excluding carboxylic acids is 2. The zero-order chi connectivity index (χ0) is 19.8. The first-order valence-electron chi connectivity index (χ1n) is 9.00. The second-order valence-corrected chi connectivity index (χ2v) is 7.35. The van der Waals surface area contributed by atoms with Gasteiger partial charge in [-0.25, -0.2) is 0 Å². The highest BCUT2D eigenvalue weighted by molar-refractivity contribution is 8.00. The van der Waals surface area contributed by atoms with E-state index >= 15 is 0 Å². The van der Waals surface area contributed by atoms with Gasteiger partial charge in [0.25, 0.3) is 0 Å². The first kappa shape index (κ1) is 19.7. The summed E-state index contributed by atoms with van der Waals surface area (Å²) in [4.78, 5) is 24.3. The molecule has 0 saturated carbocycles. The Labute approximate surface area is 169 Å². The summed E-state index contributed by atoms with van der Waals surface area (Å²) >= 11 is 1.29. The molecule has 3 aromatic carbocycles. The van der Waals surface area contributed by atoms with Gasteiger partial charge in [0.15, 0.2) is 0 Å². The van der Waals surface area contributed by atoms with Crippen LogP contribution in [0.4, 0.5) is 11.4 Å². The van der Waals surface area contributed by atoms with E-state index in [1.165, 1.54) is 11.8 Å². The van der Waals surface area contributed by atoms with Gasteiger partial charge in [0.1, 0.15) is 0 Å². The molecule has 0 aliphatic rings. The summed E-state index contributed by atoms with van der Waals surface area (Å²) in [6.07, 6.45) is 0. The van der Waals surface area contributed by atoms with Crippen molar-refractivity contribution in [2.45, 2.75) is 6.92 Å². The van der Waals surface area contributed by atoms with Crippen LogP contribution in [0.3, 0.4) is 0 Å². The lowest BCUT2D eigenvalue weighted by atomic mass is 10.0. The fourth-order valence-electron chi connectivity index (χ4n) is 2.72. The van der Waals surface area contributed by atoms with E-state index in [0.29, 0.717) is 0 Å². The van der Waals surface area contributed by atoms with Gasteiger partial charge in [0, 0.05) is 16.9 Å². The van der Waals surface area contributed by atoms with E-state index in [1.54, 1.807) is 0 Å². The van der Waals surface area contributed by atoms with Crippen molar-refractivity contribution in [1.82, 2.24) is 0 Å². The molecule has 0 atom stereocenters. The van der Waals surface area contributed by atoms with Crippen molar-refractivity contribution in [3.05, 3.63) is 84.4 Å². The van der Waals surface area contributed by atoms with Gasteiger partial charge < -0.3 is 10.6 Å². The van der Waals surface area contributed by atoms with E-state index in [0.717, 1.165) is 28.1 Å². The van der Waals surface area contributed by atoms with Gasteiger partial charge in [0.05, 0.1) is 11.5 Å². The molecule has 0 heterocycles. The Balaban J connectivity index is 1.50. The van der Waals surface area contributed by atoms with Crippen LogP contribution >= 0.6 is 11.8 Å². The average Bonchev–Trinajstić information content (AvgIpc) is 2.71. The Kier molecular flexibility index (Phi) is 6.87. The molecule has 2 N–H and O–H groups in total. The monoisotopic (exact) mass is 390 g/mol. The summed E-state index contributed by atoms with van der Waals surface area (Å²) in [6.45, 7) is 2.00. The number of hydrogen-bond donors (Lipinski definition) is 2. The smallest absolute Gasteiger partial charge is 0.234 e. The third-order valence-corrected chi connectivity index (χ3v) is 5.02. The van der Waals surface area contributed by atoms with Crippen molar-refractivity contribution >= 4 is 35.0 Å². The second kappa shape index (κ2) is 9.76. The third-order valence-electron chi connectivity index (χ3n) is 4.09. The minimum Gasteiger partial charge on any atom is -0.325 e. The van der Waals surface area contributed by atoms with E-state index in [2.05, 4.69) is 10.6 Å². The Hall–Kier alpha value is -3.05. The minimum absolute atomic E-state index is 0.119. The topological polar surface area (TPSA) is 58.2 Å². The first-order chi connectivity index (χ1) is 13.6. The molecule has 0 aliphatic carbocycles. The van der Waals surface area contributed by atoms with Crippen LogP contribution in [0.15, 0.2) is 78.9 Å². The van der Waals surface area contributed by atoms with Crippen molar-refractivity contribution in [2.75, 3.05) is 22.1 Å². The second-order valence-electron chi connectivity index (χ2n) is 6.37. The minimum atomic E-state index is -0.128. The van der Waals surface area contributed by atoms with Gasteiger partial charge in [-0.1, -0.05) is 66.2 Å². The van der Waals surface area contributed by atoms with Crippen LogP contribution in [-0.4, -0.2) is 23.3 Å². The molecule has 5 heteroatoms. The molecule has 0 aliphatic heterocycles. The van der Waals surface area contributed by atoms with Crippen LogP contribution in [0, 0.1) is 6.92 Å². The first-order valence-corrected chi connectivity index (χ1v) is 10.2. The fraction of sp³-hybridized carbons (Fsp3) is 0.130. The number of para-hydroxylation sites is 1. The number of amides is 2. The number of carbonyl (C=O) groups is 2. The van der Waals surface area contributed by atoms with Gasteiger partial charge in [-0.2, -0.15) is 0 Å². The van der Waals surface area contributed by atoms with Crippen LogP contribution in [0.5, 0.6) is 0 Å². The van der Waals surface area contributed by atoms with Gasteiger partial charge in [-0.15, -0.1) is 11.8 Å². The lowest BCUT2D eigenvalue weighted by Gasteiger charge is -2.11. The quantitative estimate of drug-likeness (QED) is 0.599. The van der Waals surface area contributed by atoms with Crippen molar-refractivity contribution < 1.29 is 9.59 Å². The zero-order valence-electron chi connectivity index (χ0n) is 15.6. The highest BCUT2D eigenvalue weighted by Crippen LogP contribution is 2.27. The molecule has 3 aromatic rings. The zero-order valence-corrected chi connectivity index (χ0v) is 16.5. The summed E-state index contributed by atoms with van der Waals surface area (Å²) in [6, 6.07) is 25.2. The Morgan fingerprint density at radius 2 is 1.36 bits per heavy atom. The summed E-state index contributed by atoms with van der Waals surface area (Å²) in [5.41, 5.74) is 4.68. The number of anilines is 2. The van der Waals surface area contributed by atoms with Crippen LogP contribution in [0.25, 0.3) is 11.1 Å². The fourth-order valence-corrected chi connectivity index (χ4v) is 3.34. The summed E-state index contributed by atoms with van der Waals surface area (Å²) < 4.78 is 0. The molecule has 142 valence electrons. The summed E-state index contributed by atoms with van der Waals surface area (Å²) in [7, 11) is 0. The lowest BCUT2D eigenvalue weighted by molar-refractivity contribution is -0.114. The number of rotatable bonds is 7. The highest BCUT2D eigenvalue weighted by atomic mass is 32.2. The SMILES string of the molecule is Cc1ccc(NC(=O)CSCC(=O)Nc2ccccc2-c2ccccc2)cc1. The van der Waals surface area contributed by atoms with Crippen LogP contribution in [-0.2, 0) is 9.59 Å². The molecule has 4 nitrogen and oxygen atoms in total. The number of nitrogens with one attached hydrogen (secondary N) is 2. The number of hydrogen-bond acceptors (Lipinski definition) is 3. The lowest BCUT2D eigenvalue weighted by Crippen LogP contribution is -2.18. The van der Waals surface area contributed by atoms with E-state index in [9.17, 15) is 9.59 Å². The predicted molar refractivity (Wildman–Crippen MR) is 118 cm³/mol. The third kappa shape index (κ3) is 5.72. The van der Waals surface area contributed by atoms with Gasteiger partial charge in [-0.3, -0.25) is 9.59 Å². The van der Waals surface area contributed by atoms with Crippen molar-refractivity contribution in [2.24, 2.45) is 0 Å². The van der Waals surface area contributed by atoms with Crippen molar-refractivity contribution in [3.8, 4) is 11.1 Å². The molecule has 0 spiro atoms. The molecule has 3 rings (SSSR count). The average molecular weight is 391 g/mol. The normalized spacial score (nSPS) is 10.3. The molecular weight excluding hydrogens is 368 g/mol. The Morgan fingerprint density at radius 1 is 0.750 bits per heavy atom. The largest absolute Gasteiger partial charge is 0.325 e. The van der Waals surface area contributed by atoms with Crippen LogP contribution in [0.1, 0.15) is 5.56 Å². The predicted octanol–water partition coefficient (Wildman–Crippen LogP) is 4.97. The molecule has 2 amide bonds. The van der Waals surface area contributed by atoms with E-state index in [-0.39, 0.29) is 23.3 Å².